The maximum absolute atomic E-state index is 5.99. The average molecular weight is 307 g/mol. The van der Waals surface area contributed by atoms with Gasteiger partial charge in [0.25, 0.3) is 0 Å². The number of nitrogens with one attached hydrogen (secondary N) is 1. The van der Waals surface area contributed by atoms with Gasteiger partial charge in [0.2, 0.25) is 5.13 Å². The minimum atomic E-state index is -0.0253. The lowest BCUT2D eigenvalue weighted by atomic mass is 10.0. The fourth-order valence-corrected chi connectivity index (χ4v) is 3.36. The van der Waals surface area contributed by atoms with Crippen molar-refractivity contribution in [2.45, 2.75) is 51.8 Å². The minimum absolute atomic E-state index is 0.0253. The van der Waals surface area contributed by atoms with Gasteiger partial charge in [-0.2, -0.15) is 4.37 Å². The highest BCUT2D eigenvalue weighted by Gasteiger charge is 2.31. The molecule has 2 aromatic rings. The van der Waals surface area contributed by atoms with Crippen molar-refractivity contribution in [3.8, 4) is 0 Å². The molecular formula is C14H21N5OS. The number of ether oxygens (including phenoxy) is 1. The first-order valence-electron chi connectivity index (χ1n) is 7.53. The third kappa shape index (κ3) is 3.08. The molecule has 1 aliphatic rings. The first-order chi connectivity index (χ1) is 10.3. The number of nitrogens with zero attached hydrogens (tertiary/aromatic N) is 4. The van der Waals surface area contributed by atoms with Gasteiger partial charge in [0.15, 0.2) is 0 Å². The molecule has 1 N–H and O–H groups in total. The maximum Gasteiger partial charge on any atom is 0.202 e. The van der Waals surface area contributed by atoms with Crippen molar-refractivity contribution < 1.29 is 4.74 Å². The Labute approximate surface area is 128 Å². The van der Waals surface area contributed by atoms with E-state index in [0.717, 1.165) is 49.2 Å². The lowest BCUT2D eigenvalue weighted by Crippen LogP contribution is -2.35. The van der Waals surface area contributed by atoms with Gasteiger partial charge in [-0.25, -0.2) is 9.97 Å². The number of hydrogen-bond donors (Lipinski definition) is 1. The summed E-state index contributed by atoms with van der Waals surface area (Å²) in [5.74, 6) is 1.89. The molecule has 3 heterocycles. The molecule has 0 aliphatic carbocycles. The van der Waals surface area contributed by atoms with Gasteiger partial charge in [-0.05, 0) is 19.8 Å². The molecule has 0 unspecified atom stereocenters. The second kappa shape index (κ2) is 6.53. The van der Waals surface area contributed by atoms with Crippen molar-refractivity contribution in [3.05, 3.63) is 24.0 Å². The third-order valence-corrected chi connectivity index (χ3v) is 4.44. The predicted octanol–water partition coefficient (Wildman–Crippen LogP) is 2.65. The van der Waals surface area contributed by atoms with E-state index in [1.54, 1.807) is 0 Å². The summed E-state index contributed by atoms with van der Waals surface area (Å²) >= 11 is 1.42. The van der Waals surface area contributed by atoms with Gasteiger partial charge >= 0.3 is 0 Å². The molecule has 114 valence electrons. The molecular weight excluding hydrogens is 286 g/mol. The second-order valence-electron chi connectivity index (χ2n) is 5.13. The van der Waals surface area contributed by atoms with Crippen LogP contribution in [0.5, 0.6) is 0 Å². The Balaban J connectivity index is 1.78. The molecule has 2 atom stereocenters. The molecule has 3 rings (SSSR count). The first kappa shape index (κ1) is 14.5. The standard InChI is InChI=1S/C14H21N5OS/c1-3-11-17-14(21-18-11)16-10-6-5-9-20-12(10)13-15-7-8-19(13)4-2/h7-8,10,12H,3-6,9H2,1-2H3,(H,16,17,18)/t10-,12-/m0/s1. The monoisotopic (exact) mass is 307 g/mol. The molecule has 0 aromatic carbocycles. The summed E-state index contributed by atoms with van der Waals surface area (Å²) in [6, 6.07) is 0.198. The molecule has 0 bridgehead atoms. The molecule has 1 saturated heterocycles. The summed E-state index contributed by atoms with van der Waals surface area (Å²) in [7, 11) is 0. The number of aromatic nitrogens is 4. The van der Waals surface area contributed by atoms with Gasteiger partial charge in [0, 0.05) is 43.5 Å². The summed E-state index contributed by atoms with van der Waals surface area (Å²) in [6.45, 7) is 5.88. The number of aryl methyl sites for hydroxylation is 2. The van der Waals surface area contributed by atoms with Crippen LogP contribution in [0, 0.1) is 0 Å². The maximum atomic E-state index is 5.99. The molecule has 1 aliphatic heterocycles. The first-order valence-corrected chi connectivity index (χ1v) is 8.31. The number of hydrogen-bond acceptors (Lipinski definition) is 6. The highest BCUT2D eigenvalue weighted by atomic mass is 32.1. The highest BCUT2D eigenvalue weighted by Crippen LogP contribution is 2.30. The van der Waals surface area contributed by atoms with Crippen molar-refractivity contribution in [1.29, 1.82) is 0 Å². The summed E-state index contributed by atoms with van der Waals surface area (Å²) in [4.78, 5) is 8.98. The molecule has 21 heavy (non-hydrogen) atoms. The van der Waals surface area contributed by atoms with Gasteiger partial charge in [0.05, 0.1) is 6.04 Å². The SMILES string of the molecule is CCc1nsc(N[C@H]2CCCO[C@@H]2c2nccn2CC)n1. The van der Waals surface area contributed by atoms with Crippen LogP contribution in [0.1, 0.15) is 44.4 Å². The Morgan fingerprint density at radius 2 is 2.38 bits per heavy atom. The van der Waals surface area contributed by atoms with Crippen LogP contribution in [0.3, 0.4) is 0 Å². The van der Waals surface area contributed by atoms with E-state index >= 15 is 0 Å². The van der Waals surface area contributed by atoms with E-state index < -0.39 is 0 Å². The molecule has 0 saturated carbocycles. The fourth-order valence-electron chi connectivity index (χ4n) is 2.64. The molecule has 0 radical (unpaired) electrons. The minimum Gasteiger partial charge on any atom is -0.368 e. The zero-order valence-corrected chi connectivity index (χ0v) is 13.3. The smallest absolute Gasteiger partial charge is 0.202 e. The Morgan fingerprint density at radius 3 is 3.14 bits per heavy atom. The molecule has 7 heteroatoms. The Bertz CT molecular complexity index is 581. The summed E-state index contributed by atoms with van der Waals surface area (Å²) in [5, 5.41) is 4.37. The summed E-state index contributed by atoms with van der Waals surface area (Å²) < 4.78 is 12.5. The Hall–Kier alpha value is -1.47. The van der Waals surface area contributed by atoms with E-state index in [2.05, 4.69) is 38.1 Å². The molecule has 1 fully saturated rings. The largest absolute Gasteiger partial charge is 0.368 e. The van der Waals surface area contributed by atoms with Crippen LogP contribution in [0.2, 0.25) is 0 Å². The lowest BCUT2D eigenvalue weighted by molar-refractivity contribution is -0.00169. The second-order valence-corrected chi connectivity index (χ2v) is 5.88. The van der Waals surface area contributed by atoms with Gasteiger partial charge in [-0.15, -0.1) is 0 Å². The Morgan fingerprint density at radius 1 is 1.48 bits per heavy atom. The van der Waals surface area contributed by atoms with Crippen molar-refractivity contribution in [2.75, 3.05) is 11.9 Å². The predicted molar refractivity (Wildman–Crippen MR) is 82.5 cm³/mol. The Kier molecular flexibility index (Phi) is 4.50. The third-order valence-electron chi connectivity index (χ3n) is 3.76. The van der Waals surface area contributed by atoms with Gasteiger partial charge in [0.1, 0.15) is 17.8 Å². The zero-order chi connectivity index (χ0) is 14.7. The fraction of sp³-hybridized carbons (Fsp3) is 0.643. The van der Waals surface area contributed by atoms with E-state index in [9.17, 15) is 0 Å². The quantitative estimate of drug-likeness (QED) is 0.920. The lowest BCUT2D eigenvalue weighted by Gasteiger charge is -2.31. The zero-order valence-electron chi connectivity index (χ0n) is 12.5. The number of imidazole rings is 1. The molecule has 2 aromatic heterocycles. The number of anilines is 1. The summed E-state index contributed by atoms with van der Waals surface area (Å²) in [6.07, 6.45) is 6.80. The number of rotatable bonds is 5. The van der Waals surface area contributed by atoms with Crippen LogP contribution in [0.25, 0.3) is 0 Å². The molecule has 0 spiro atoms. The van der Waals surface area contributed by atoms with Crippen LogP contribution < -0.4 is 5.32 Å². The highest BCUT2D eigenvalue weighted by molar-refractivity contribution is 7.09. The van der Waals surface area contributed by atoms with E-state index in [1.165, 1.54) is 11.5 Å². The van der Waals surface area contributed by atoms with Crippen LogP contribution in [0.15, 0.2) is 12.4 Å². The van der Waals surface area contributed by atoms with E-state index in [-0.39, 0.29) is 12.1 Å². The average Bonchev–Trinajstić information content (AvgIpc) is 3.16. The van der Waals surface area contributed by atoms with Crippen molar-refractivity contribution >= 4 is 16.7 Å². The van der Waals surface area contributed by atoms with Crippen molar-refractivity contribution in [3.63, 3.8) is 0 Å². The molecule has 6 nitrogen and oxygen atoms in total. The topological polar surface area (TPSA) is 64.9 Å². The van der Waals surface area contributed by atoms with Crippen molar-refractivity contribution in [1.82, 2.24) is 18.9 Å². The van der Waals surface area contributed by atoms with Gasteiger partial charge < -0.3 is 14.6 Å². The van der Waals surface area contributed by atoms with Crippen LogP contribution in [-0.4, -0.2) is 31.6 Å². The van der Waals surface area contributed by atoms with Crippen LogP contribution in [-0.2, 0) is 17.7 Å². The van der Waals surface area contributed by atoms with E-state index in [0.29, 0.717) is 0 Å². The van der Waals surface area contributed by atoms with Gasteiger partial charge in [-0.3, -0.25) is 0 Å². The van der Waals surface area contributed by atoms with Crippen molar-refractivity contribution in [2.24, 2.45) is 0 Å². The van der Waals surface area contributed by atoms with E-state index in [1.807, 2.05) is 12.4 Å². The van der Waals surface area contributed by atoms with Crippen LogP contribution >= 0.6 is 11.5 Å². The van der Waals surface area contributed by atoms with E-state index in [4.69, 9.17) is 4.74 Å². The summed E-state index contributed by atoms with van der Waals surface area (Å²) in [5.41, 5.74) is 0. The molecule has 0 amide bonds. The normalized spacial score (nSPS) is 22.4. The van der Waals surface area contributed by atoms with Gasteiger partial charge in [-0.1, -0.05) is 6.92 Å². The van der Waals surface area contributed by atoms with Crippen LogP contribution in [0.4, 0.5) is 5.13 Å².